The lowest BCUT2D eigenvalue weighted by molar-refractivity contribution is 1.12. The van der Waals surface area contributed by atoms with Gasteiger partial charge in [0.15, 0.2) is 0 Å². The second kappa shape index (κ2) is 5.37. The van der Waals surface area contributed by atoms with Gasteiger partial charge in [-0.2, -0.15) is 0 Å². The maximum Gasteiger partial charge on any atom is 0.0476 e. The van der Waals surface area contributed by atoms with Gasteiger partial charge in [-0.05, 0) is 48.1 Å². The van der Waals surface area contributed by atoms with Gasteiger partial charge in [0.25, 0.3) is 0 Å². The van der Waals surface area contributed by atoms with Crippen LogP contribution in [0.25, 0.3) is 0 Å². The number of benzene rings is 2. The summed E-state index contributed by atoms with van der Waals surface area (Å²) >= 11 is 5.92. The zero-order valence-electron chi connectivity index (χ0n) is 10.3. The summed E-state index contributed by atoms with van der Waals surface area (Å²) in [4.78, 5) is 0. The molecule has 0 saturated carbocycles. The summed E-state index contributed by atoms with van der Waals surface area (Å²) in [6.07, 6.45) is 0.996. The van der Waals surface area contributed by atoms with Crippen LogP contribution in [0.15, 0.2) is 42.5 Å². The first-order valence-corrected chi connectivity index (χ1v) is 6.43. The maximum absolute atomic E-state index is 5.92. The van der Waals surface area contributed by atoms with Gasteiger partial charge in [-0.1, -0.05) is 42.5 Å². The van der Waals surface area contributed by atoms with E-state index in [4.69, 9.17) is 11.6 Å². The Balaban J connectivity index is 2.31. The van der Waals surface area contributed by atoms with Crippen molar-refractivity contribution in [1.29, 1.82) is 0 Å². The zero-order valence-corrected chi connectivity index (χ0v) is 11.1. The van der Waals surface area contributed by atoms with Crippen molar-refractivity contribution in [1.82, 2.24) is 0 Å². The molecule has 0 atom stereocenters. The first kappa shape index (κ1) is 12.2. The van der Waals surface area contributed by atoms with Crippen molar-refractivity contribution in [3.63, 3.8) is 0 Å². The Kier molecular flexibility index (Phi) is 3.86. The van der Waals surface area contributed by atoms with Gasteiger partial charge in [0.05, 0.1) is 0 Å². The summed E-state index contributed by atoms with van der Waals surface area (Å²) in [5.41, 5.74) is 6.60. The number of rotatable bonds is 3. The Labute approximate surface area is 108 Å². The standard InChI is InChI=1S/C16H17Cl/c1-12-9-16(11-17)13(2)8-15(12)10-14-6-4-3-5-7-14/h3-9H,10-11H2,1-2H3. The quantitative estimate of drug-likeness (QED) is 0.691. The van der Waals surface area contributed by atoms with E-state index in [-0.39, 0.29) is 0 Å². The molecule has 88 valence electrons. The number of hydrogen-bond donors (Lipinski definition) is 0. The molecule has 0 aliphatic carbocycles. The fourth-order valence-electron chi connectivity index (χ4n) is 2.09. The Morgan fingerprint density at radius 2 is 1.47 bits per heavy atom. The molecule has 0 spiro atoms. The molecule has 0 heterocycles. The molecule has 0 nitrogen and oxygen atoms in total. The van der Waals surface area contributed by atoms with Gasteiger partial charge in [0.2, 0.25) is 0 Å². The summed E-state index contributed by atoms with van der Waals surface area (Å²) in [7, 11) is 0. The summed E-state index contributed by atoms with van der Waals surface area (Å²) in [6, 6.07) is 15.0. The van der Waals surface area contributed by atoms with Gasteiger partial charge < -0.3 is 0 Å². The molecular weight excluding hydrogens is 228 g/mol. The highest BCUT2D eigenvalue weighted by Gasteiger charge is 2.04. The molecule has 17 heavy (non-hydrogen) atoms. The van der Waals surface area contributed by atoms with Crippen molar-refractivity contribution in [3.8, 4) is 0 Å². The number of halogens is 1. The molecular formula is C16H17Cl. The third-order valence-electron chi connectivity index (χ3n) is 3.18. The van der Waals surface area contributed by atoms with Crippen molar-refractivity contribution >= 4 is 11.6 Å². The fraction of sp³-hybridized carbons (Fsp3) is 0.250. The van der Waals surface area contributed by atoms with E-state index in [0.717, 1.165) is 6.42 Å². The molecule has 0 unspecified atom stereocenters. The third-order valence-corrected chi connectivity index (χ3v) is 3.46. The number of alkyl halides is 1. The van der Waals surface area contributed by atoms with Crippen molar-refractivity contribution in [2.24, 2.45) is 0 Å². The molecule has 1 heteroatoms. The minimum absolute atomic E-state index is 0.596. The second-order valence-corrected chi connectivity index (χ2v) is 4.77. The van der Waals surface area contributed by atoms with Crippen molar-refractivity contribution in [2.75, 3.05) is 0 Å². The topological polar surface area (TPSA) is 0 Å². The number of hydrogen-bond acceptors (Lipinski definition) is 0. The zero-order chi connectivity index (χ0) is 12.3. The van der Waals surface area contributed by atoms with Gasteiger partial charge in [-0.3, -0.25) is 0 Å². The SMILES string of the molecule is Cc1cc(Cc2ccccc2)c(C)cc1CCl. The van der Waals surface area contributed by atoms with Crippen LogP contribution < -0.4 is 0 Å². The molecule has 2 rings (SSSR count). The molecule has 0 aromatic heterocycles. The van der Waals surface area contributed by atoms with E-state index in [1.807, 2.05) is 0 Å². The van der Waals surface area contributed by atoms with Crippen LogP contribution in [0.1, 0.15) is 27.8 Å². The predicted molar refractivity (Wildman–Crippen MR) is 74.7 cm³/mol. The highest BCUT2D eigenvalue weighted by Crippen LogP contribution is 2.20. The largest absolute Gasteiger partial charge is 0.122 e. The molecule has 0 fully saturated rings. The van der Waals surface area contributed by atoms with Gasteiger partial charge in [-0.25, -0.2) is 0 Å². The van der Waals surface area contributed by atoms with Crippen molar-refractivity contribution in [3.05, 3.63) is 70.3 Å². The minimum Gasteiger partial charge on any atom is -0.122 e. The smallest absolute Gasteiger partial charge is 0.0476 e. The molecule has 2 aromatic rings. The Morgan fingerprint density at radius 1 is 0.882 bits per heavy atom. The van der Waals surface area contributed by atoms with Gasteiger partial charge in [0, 0.05) is 5.88 Å². The lowest BCUT2D eigenvalue weighted by Crippen LogP contribution is -1.96. The van der Waals surface area contributed by atoms with E-state index in [9.17, 15) is 0 Å². The van der Waals surface area contributed by atoms with Crippen LogP contribution in [0, 0.1) is 13.8 Å². The summed E-state index contributed by atoms with van der Waals surface area (Å²) in [6.45, 7) is 4.29. The fourth-order valence-corrected chi connectivity index (χ4v) is 2.37. The first-order valence-electron chi connectivity index (χ1n) is 5.89. The van der Waals surface area contributed by atoms with E-state index in [0.29, 0.717) is 5.88 Å². The molecule has 0 saturated heterocycles. The van der Waals surface area contributed by atoms with Crippen LogP contribution in [-0.4, -0.2) is 0 Å². The van der Waals surface area contributed by atoms with Gasteiger partial charge >= 0.3 is 0 Å². The maximum atomic E-state index is 5.92. The molecule has 0 aliphatic rings. The molecule has 0 bridgehead atoms. The summed E-state index contributed by atoms with van der Waals surface area (Å²) in [5.74, 6) is 0.596. The molecule has 0 radical (unpaired) electrons. The Bertz CT molecular complexity index is 500. The highest BCUT2D eigenvalue weighted by atomic mass is 35.5. The first-order chi connectivity index (χ1) is 8.20. The lowest BCUT2D eigenvalue weighted by atomic mass is 9.96. The van der Waals surface area contributed by atoms with Crippen LogP contribution in [-0.2, 0) is 12.3 Å². The van der Waals surface area contributed by atoms with E-state index < -0.39 is 0 Å². The van der Waals surface area contributed by atoms with Crippen LogP contribution in [0.2, 0.25) is 0 Å². The average molecular weight is 245 g/mol. The minimum atomic E-state index is 0.596. The monoisotopic (exact) mass is 244 g/mol. The Hall–Kier alpha value is -1.27. The van der Waals surface area contributed by atoms with E-state index >= 15 is 0 Å². The van der Waals surface area contributed by atoms with E-state index in [1.165, 1.54) is 27.8 Å². The average Bonchev–Trinajstić information content (AvgIpc) is 2.34. The van der Waals surface area contributed by atoms with E-state index in [2.05, 4.69) is 56.3 Å². The van der Waals surface area contributed by atoms with E-state index in [1.54, 1.807) is 0 Å². The van der Waals surface area contributed by atoms with Crippen LogP contribution in [0.5, 0.6) is 0 Å². The lowest BCUT2D eigenvalue weighted by Gasteiger charge is -2.10. The van der Waals surface area contributed by atoms with Crippen LogP contribution in [0.3, 0.4) is 0 Å². The third kappa shape index (κ3) is 2.89. The molecule has 0 aliphatic heterocycles. The predicted octanol–water partition coefficient (Wildman–Crippen LogP) is 4.63. The highest BCUT2D eigenvalue weighted by molar-refractivity contribution is 6.17. The molecule has 0 amide bonds. The summed E-state index contributed by atoms with van der Waals surface area (Å²) < 4.78 is 0. The Morgan fingerprint density at radius 3 is 2.12 bits per heavy atom. The van der Waals surface area contributed by atoms with Crippen molar-refractivity contribution < 1.29 is 0 Å². The van der Waals surface area contributed by atoms with Gasteiger partial charge in [0.1, 0.15) is 0 Å². The number of aryl methyl sites for hydroxylation is 2. The van der Waals surface area contributed by atoms with Gasteiger partial charge in [-0.15, -0.1) is 11.6 Å². The van der Waals surface area contributed by atoms with Crippen molar-refractivity contribution in [2.45, 2.75) is 26.1 Å². The van der Waals surface area contributed by atoms with Crippen LogP contribution in [0.4, 0.5) is 0 Å². The molecule has 2 aromatic carbocycles. The second-order valence-electron chi connectivity index (χ2n) is 4.50. The van der Waals surface area contributed by atoms with Crippen LogP contribution >= 0.6 is 11.6 Å². The summed E-state index contributed by atoms with van der Waals surface area (Å²) in [5, 5.41) is 0. The normalized spacial score (nSPS) is 10.5. The molecule has 0 N–H and O–H groups in total.